The molecule has 6 heteroatoms. The maximum absolute atomic E-state index is 13.2. The minimum atomic E-state index is -0.496. The highest BCUT2D eigenvalue weighted by Gasteiger charge is 2.42. The van der Waals surface area contributed by atoms with Crippen molar-refractivity contribution in [1.82, 2.24) is 14.5 Å². The highest BCUT2D eigenvalue weighted by Crippen LogP contribution is 2.42. The average molecular weight is 381 g/mol. The van der Waals surface area contributed by atoms with E-state index in [0.29, 0.717) is 10.7 Å². The molecular weight excluding hydrogens is 360 g/mol. The molecule has 1 aliphatic rings. The largest absolute Gasteiger partial charge is 0.324 e. The SMILES string of the molecule is Cc1nccn1-c1ccc(NC(=O)C2(c3ccc(Cl)cc3)CCCC2)cn1. The average Bonchev–Trinajstić information content (AvgIpc) is 3.33. The van der Waals surface area contributed by atoms with Crippen molar-refractivity contribution >= 4 is 23.2 Å². The van der Waals surface area contributed by atoms with Crippen LogP contribution in [-0.4, -0.2) is 20.4 Å². The maximum Gasteiger partial charge on any atom is 0.235 e. The number of nitrogens with one attached hydrogen (secondary N) is 1. The fourth-order valence-corrected chi connectivity index (χ4v) is 3.99. The van der Waals surface area contributed by atoms with Crippen LogP contribution in [0.2, 0.25) is 5.02 Å². The third-order valence-electron chi connectivity index (χ3n) is 5.37. The van der Waals surface area contributed by atoms with E-state index in [1.54, 1.807) is 12.4 Å². The van der Waals surface area contributed by atoms with Crippen LogP contribution >= 0.6 is 11.6 Å². The van der Waals surface area contributed by atoms with Gasteiger partial charge in [0.1, 0.15) is 11.6 Å². The molecule has 3 aromatic rings. The summed E-state index contributed by atoms with van der Waals surface area (Å²) >= 11 is 6.03. The van der Waals surface area contributed by atoms with Gasteiger partial charge < -0.3 is 5.32 Å². The number of pyridine rings is 1. The third-order valence-corrected chi connectivity index (χ3v) is 5.62. The smallest absolute Gasteiger partial charge is 0.235 e. The van der Waals surface area contributed by atoms with Gasteiger partial charge in [-0.2, -0.15) is 0 Å². The van der Waals surface area contributed by atoms with Gasteiger partial charge in [0.05, 0.1) is 17.3 Å². The van der Waals surface area contributed by atoms with E-state index in [2.05, 4.69) is 15.3 Å². The molecule has 1 saturated carbocycles. The zero-order valence-electron chi connectivity index (χ0n) is 15.2. The summed E-state index contributed by atoms with van der Waals surface area (Å²) in [6.07, 6.45) is 9.09. The highest BCUT2D eigenvalue weighted by atomic mass is 35.5. The number of anilines is 1. The Bertz CT molecular complexity index is 941. The van der Waals surface area contributed by atoms with Crippen LogP contribution in [0, 0.1) is 6.92 Å². The zero-order valence-corrected chi connectivity index (χ0v) is 15.9. The number of aromatic nitrogens is 3. The Morgan fingerprint density at radius 2 is 1.85 bits per heavy atom. The van der Waals surface area contributed by atoms with Gasteiger partial charge in [0.25, 0.3) is 0 Å². The Balaban J connectivity index is 1.57. The van der Waals surface area contributed by atoms with Crippen molar-refractivity contribution in [2.75, 3.05) is 5.32 Å². The van der Waals surface area contributed by atoms with E-state index in [1.807, 2.05) is 54.1 Å². The van der Waals surface area contributed by atoms with Crippen molar-refractivity contribution in [3.8, 4) is 5.82 Å². The van der Waals surface area contributed by atoms with Crippen molar-refractivity contribution in [1.29, 1.82) is 0 Å². The van der Waals surface area contributed by atoms with Gasteiger partial charge in [0, 0.05) is 17.4 Å². The van der Waals surface area contributed by atoms with Crippen molar-refractivity contribution in [3.05, 3.63) is 71.4 Å². The molecule has 0 spiro atoms. The van der Waals surface area contributed by atoms with Crippen LogP contribution in [0.4, 0.5) is 5.69 Å². The first-order valence-corrected chi connectivity index (χ1v) is 9.50. The van der Waals surface area contributed by atoms with Crippen LogP contribution in [-0.2, 0) is 10.2 Å². The van der Waals surface area contributed by atoms with Gasteiger partial charge in [-0.25, -0.2) is 9.97 Å². The second-order valence-electron chi connectivity index (χ2n) is 7.00. The van der Waals surface area contributed by atoms with Crippen LogP contribution in [0.15, 0.2) is 55.0 Å². The fraction of sp³-hybridized carbons (Fsp3) is 0.286. The molecule has 1 aliphatic carbocycles. The van der Waals surface area contributed by atoms with Gasteiger partial charge >= 0.3 is 0 Å². The topological polar surface area (TPSA) is 59.8 Å². The van der Waals surface area contributed by atoms with Crippen LogP contribution in [0.1, 0.15) is 37.1 Å². The van der Waals surface area contributed by atoms with Gasteiger partial charge in [-0.3, -0.25) is 9.36 Å². The molecule has 4 rings (SSSR count). The molecule has 5 nitrogen and oxygen atoms in total. The Hall–Kier alpha value is -2.66. The first-order valence-electron chi connectivity index (χ1n) is 9.12. The Kier molecular flexibility index (Phi) is 4.70. The number of carbonyl (C=O) groups is 1. The van der Waals surface area contributed by atoms with E-state index in [0.717, 1.165) is 42.9 Å². The van der Waals surface area contributed by atoms with Crippen LogP contribution in [0.5, 0.6) is 0 Å². The maximum atomic E-state index is 13.2. The lowest BCUT2D eigenvalue weighted by Gasteiger charge is -2.28. The van der Waals surface area contributed by atoms with Gasteiger partial charge in [-0.1, -0.05) is 36.6 Å². The Morgan fingerprint density at radius 1 is 1.11 bits per heavy atom. The third kappa shape index (κ3) is 3.35. The summed E-state index contributed by atoms with van der Waals surface area (Å²) in [7, 11) is 0. The second kappa shape index (κ2) is 7.16. The van der Waals surface area contributed by atoms with Gasteiger partial charge in [-0.15, -0.1) is 0 Å². The standard InChI is InChI=1S/C21H21ClN4O/c1-15-23-12-13-26(15)19-9-8-18(14-24-19)25-20(27)21(10-2-3-11-21)16-4-6-17(22)7-5-16/h4-9,12-14H,2-3,10-11H2,1H3,(H,25,27). The van der Waals surface area contributed by atoms with E-state index in [4.69, 9.17) is 11.6 Å². The molecule has 27 heavy (non-hydrogen) atoms. The lowest BCUT2D eigenvalue weighted by molar-refractivity contribution is -0.121. The lowest BCUT2D eigenvalue weighted by atomic mass is 9.78. The molecule has 0 atom stereocenters. The fourth-order valence-electron chi connectivity index (χ4n) is 3.87. The molecule has 1 aromatic carbocycles. The predicted octanol–water partition coefficient (Wildman–Crippen LogP) is 4.68. The molecule has 0 saturated heterocycles. The number of nitrogens with zero attached hydrogens (tertiary/aromatic N) is 3. The summed E-state index contributed by atoms with van der Waals surface area (Å²) in [6, 6.07) is 11.4. The van der Waals surface area contributed by atoms with E-state index in [9.17, 15) is 4.79 Å². The monoisotopic (exact) mass is 380 g/mol. The summed E-state index contributed by atoms with van der Waals surface area (Å²) in [4.78, 5) is 21.9. The first-order chi connectivity index (χ1) is 13.1. The number of hydrogen-bond donors (Lipinski definition) is 1. The normalized spacial score (nSPS) is 15.6. The molecular formula is C21H21ClN4O. The number of imidazole rings is 1. The zero-order chi connectivity index (χ0) is 18.9. The van der Waals surface area contributed by atoms with Gasteiger partial charge in [-0.05, 0) is 49.6 Å². The number of rotatable bonds is 4. The quantitative estimate of drug-likeness (QED) is 0.714. The molecule has 0 bridgehead atoms. The number of halogens is 1. The van der Waals surface area contributed by atoms with Gasteiger partial charge in [0.2, 0.25) is 5.91 Å². The van der Waals surface area contributed by atoms with Crippen molar-refractivity contribution in [2.45, 2.75) is 38.0 Å². The van der Waals surface area contributed by atoms with Crippen molar-refractivity contribution in [3.63, 3.8) is 0 Å². The number of carbonyl (C=O) groups excluding carboxylic acids is 1. The van der Waals surface area contributed by atoms with Crippen LogP contribution < -0.4 is 5.32 Å². The first kappa shape index (κ1) is 17.7. The molecule has 0 unspecified atom stereocenters. The van der Waals surface area contributed by atoms with Gasteiger partial charge in [0.15, 0.2) is 0 Å². The molecule has 1 amide bonds. The summed E-state index contributed by atoms with van der Waals surface area (Å²) in [5.41, 5.74) is 1.23. The Morgan fingerprint density at radius 3 is 2.44 bits per heavy atom. The molecule has 0 radical (unpaired) electrons. The van der Waals surface area contributed by atoms with Crippen molar-refractivity contribution < 1.29 is 4.79 Å². The minimum Gasteiger partial charge on any atom is -0.324 e. The number of amides is 1. The van der Waals surface area contributed by atoms with Crippen LogP contribution in [0.3, 0.4) is 0 Å². The summed E-state index contributed by atoms with van der Waals surface area (Å²) in [6.45, 7) is 1.92. The second-order valence-corrected chi connectivity index (χ2v) is 7.44. The Labute approximate surface area is 163 Å². The minimum absolute atomic E-state index is 0.0238. The number of hydrogen-bond acceptors (Lipinski definition) is 3. The number of benzene rings is 1. The van der Waals surface area contributed by atoms with E-state index in [1.165, 1.54) is 0 Å². The molecule has 0 aliphatic heterocycles. The van der Waals surface area contributed by atoms with Crippen LogP contribution in [0.25, 0.3) is 5.82 Å². The summed E-state index contributed by atoms with van der Waals surface area (Å²) < 4.78 is 1.90. The molecule has 138 valence electrons. The number of aryl methyl sites for hydroxylation is 1. The molecule has 2 aromatic heterocycles. The summed E-state index contributed by atoms with van der Waals surface area (Å²) in [5, 5.41) is 3.75. The molecule has 1 fully saturated rings. The van der Waals surface area contributed by atoms with E-state index >= 15 is 0 Å². The van der Waals surface area contributed by atoms with Crippen molar-refractivity contribution in [2.24, 2.45) is 0 Å². The molecule has 1 N–H and O–H groups in total. The van der Waals surface area contributed by atoms with E-state index < -0.39 is 5.41 Å². The highest BCUT2D eigenvalue weighted by molar-refractivity contribution is 6.30. The summed E-state index contributed by atoms with van der Waals surface area (Å²) in [5.74, 6) is 1.67. The predicted molar refractivity (Wildman–Crippen MR) is 106 cm³/mol. The lowest BCUT2D eigenvalue weighted by Crippen LogP contribution is -2.38. The molecule has 2 heterocycles. The van der Waals surface area contributed by atoms with E-state index in [-0.39, 0.29) is 5.91 Å².